The van der Waals surface area contributed by atoms with E-state index in [2.05, 4.69) is 8.83 Å². The van der Waals surface area contributed by atoms with E-state index in [1.165, 1.54) is 0 Å². The van der Waals surface area contributed by atoms with Gasteiger partial charge in [-0.15, -0.1) is 0 Å². The highest BCUT2D eigenvalue weighted by Crippen LogP contribution is 2.49. The summed E-state index contributed by atoms with van der Waals surface area (Å²) in [5, 5.41) is 0. The Hall–Kier alpha value is 0.260. The largest absolute Gasteiger partial charge is 0.790 e. The topological polar surface area (TPSA) is 122 Å². The first kappa shape index (κ1) is 10.3. The molecular formula is CH3O7P2-3. The monoisotopic (exact) mass is 189 g/mol. The lowest BCUT2D eigenvalue weighted by atomic mass is 11.8. The van der Waals surface area contributed by atoms with Gasteiger partial charge in [0.1, 0.15) is 0 Å². The number of rotatable bonds is 3. The zero-order chi connectivity index (χ0) is 8.41. The Labute approximate surface area is 56.4 Å². The number of hydrogen-bond acceptors (Lipinski definition) is 7. The van der Waals surface area contributed by atoms with E-state index in [-0.39, 0.29) is 0 Å². The molecule has 0 bridgehead atoms. The van der Waals surface area contributed by atoms with Crippen LogP contribution in [0.2, 0.25) is 0 Å². The molecule has 9 heteroatoms. The van der Waals surface area contributed by atoms with E-state index < -0.39 is 15.6 Å². The predicted octanol–water partition coefficient (Wildman–Crippen LogP) is -2.05. The first-order valence-corrected chi connectivity index (χ1v) is 4.79. The van der Waals surface area contributed by atoms with E-state index >= 15 is 0 Å². The molecule has 0 saturated heterocycles. The molecule has 0 rings (SSSR count). The fraction of sp³-hybridized carbons (Fsp3) is 1.00. The first-order valence-electron chi connectivity index (χ1n) is 1.87. The second-order valence-electron chi connectivity index (χ2n) is 1.16. The van der Waals surface area contributed by atoms with Crippen LogP contribution in [0.3, 0.4) is 0 Å². The van der Waals surface area contributed by atoms with E-state index in [1.54, 1.807) is 0 Å². The summed E-state index contributed by atoms with van der Waals surface area (Å²) in [6.45, 7) is 0. The normalized spacial score (nSPS) is 18.4. The van der Waals surface area contributed by atoms with Crippen molar-refractivity contribution in [3.05, 3.63) is 0 Å². The number of phosphoric acid groups is 2. The van der Waals surface area contributed by atoms with Gasteiger partial charge in [-0.25, -0.2) is 0 Å². The molecule has 0 radical (unpaired) electrons. The average Bonchev–Trinajstić information content (AvgIpc) is 1.60. The van der Waals surface area contributed by atoms with Gasteiger partial charge in [0.2, 0.25) is 0 Å². The highest BCUT2D eigenvalue weighted by atomic mass is 31.3. The summed E-state index contributed by atoms with van der Waals surface area (Å²) >= 11 is 0. The molecule has 0 aromatic heterocycles. The molecule has 0 aromatic carbocycles. The molecule has 10 heavy (non-hydrogen) atoms. The molecule has 0 N–H and O–H groups in total. The van der Waals surface area contributed by atoms with Crippen LogP contribution in [0, 0.1) is 0 Å². The summed E-state index contributed by atoms with van der Waals surface area (Å²) in [5.41, 5.74) is 0. The van der Waals surface area contributed by atoms with E-state index in [9.17, 15) is 23.8 Å². The van der Waals surface area contributed by atoms with Crippen molar-refractivity contribution in [3.63, 3.8) is 0 Å². The van der Waals surface area contributed by atoms with E-state index in [1.807, 2.05) is 0 Å². The Bertz CT molecular complexity index is 190. The molecule has 0 aromatic rings. The minimum Gasteiger partial charge on any atom is -0.790 e. The number of phosphoric ester groups is 1. The van der Waals surface area contributed by atoms with Crippen molar-refractivity contribution in [1.82, 2.24) is 0 Å². The fourth-order valence-electron chi connectivity index (χ4n) is 0.156. The van der Waals surface area contributed by atoms with Gasteiger partial charge >= 0.3 is 0 Å². The maximum Gasteiger partial charge on any atom is 0.271 e. The van der Waals surface area contributed by atoms with Crippen molar-refractivity contribution in [3.8, 4) is 0 Å². The molecule has 0 heterocycles. The Morgan fingerprint density at radius 3 is 1.70 bits per heavy atom. The molecule has 62 valence electrons. The summed E-state index contributed by atoms with van der Waals surface area (Å²) in [4.78, 5) is 29.2. The minimum absolute atomic E-state index is 0.670. The lowest BCUT2D eigenvalue weighted by Gasteiger charge is -2.34. The van der Waals surface area contributed by atoms with Crippen molar-refractivity contribution < 1.29 is 32.6 Å². The predicted molar refractivity (Wildman–Crippen MR) is 23.3 cm³/mol. The molecule has 1 atom stereocenters. The van der Waals surface area contributed by atoms with Crippen LogP contribution < -0.4 is 14.7 Å². The molecule has 0 amide bonds. The Balaban J connectivity index is 4.17. The smallest absolute Gasteiger partial charge is 0.271 e. The van der Waals surface area contributed by atoms with Crippen molar-refractivity contribution in [1.29, 1.82) is 0 Å². The molecular weight excluding hydrogens is 186 g/mol. The lowest BCUT2D eigenvalue weighted by molar-refractivity contribution is -0.339. The molecule has 0 aliphatic rings. The molecule has 0 spiro atoms. The maximum atomic E-state index is 10.0. The molecule has 0 aliphatic heterocycles. The van der Waals surface area contributed by atoms with Crippen LogP contribution in [0.25, 0.3) is 0 Å². The Morgan fingerprint density at radius 2 is 1.60 bits per heavy atom. The zero-order valence-corrected chi connectivity index (χ0v) is 6.54. The lowest BCUT2D eigenvalue weighted by Crippen LogP contribution is -2.18. The van der Waals surface area contributed by atoms with Crippen LogP contribution in [0.15, 0.2) is 0 Å². The third-order valence-electron chi connectivity index (χ3n) is 0.424. The van der Waals surface area contributed by atoms with Crippen LogP contribution in [-0.4, -0.2) is 7.11 Å². The van der Waals surface area contributed by atoms with Gasteiger partial charge in [-0.2, -0.15) is 0 Å². The summed E-state index contributed by atoms with van der Waals surface area (Å²) in [7, 11) is -9.77. The standard InChI is InChI=1S/CH6O7P2/c1-7-10(5,6)8-9(2,3)4/h1H3,(H,5,6)(H2,2,3,4)/p-3. The van der Waals surface area contributed by atoms with Crippen LogP contribution in [-0.2, 0) is 18.0 Å². The molecule has 0 saturated carbocycles. The zero-order valence-electron chi connectivity index (χ0n) is 4.75. The second-order valence-corrected chi connectivity index (χ2v) is 3.97. The van der Waals surface area contributed by atoms with Crippen molar-refractivity contribution >= 4 is 15.6 Å². The summed E-state index contributed by atoms with van der Waals surface area (Å²) in [6, 6.07) is 0. The Kier molecular flexibility index (Phi) is 3.19. The molecule has 7 nitrogen and oxygen atoms in total. The van der Waals surface area contributed by atoms with Gasteiger partial charge < -0.3 is 23.8 Å². The fourth-order valence-corrected chi connectivity index (χ4v) is 1.40. The molecule has 0 aliphatic carbocycles. The summed E-state index contributed by atoms with van der Waals surface area (Å²) in [6.07, 6.45) is 0. The average molecular weight is 189 g/mol. The third-order valence-corrected chi connectivity index (χ3v) is 2.47. The van der Waals surface area contributed by atoms with Gasteiger partial charge in [-0.1, -0.05) is 0 Å². The highest BCUT2D eigenvalue weighted by molar-refractivity contribution is 7.58. The van der Waals surface area contributed by atoms with Gasteiger partial charge in [0, 0.05) is 7.11 Å². The van der Waals surface area contributed by atoms with Gasteiger partial charge in [0.25, 0.3) is 7.82 Å². The SMILES string of the molecule is COP(=O)([O-])OP(=O)([O-])[O-]. The van der Waals surface area contributed by atoms with Crippen molar-refractivity contribution in [2.45, 2.75) is 0 Å². The maximum absolute atomic E-state index is 10.0. The van der Waals surface area contributed by atoms with Crippen LogP contribution in [0.4, 0.5) is 0 Å². The first-order chi connectivity index (χ1) is 4.27. The molecule has 0 fully saturated rings. The van der Waals surface area contributed by atoms with Crippen LogP contribution in [0.5, 0.6) is 0 Å². The molecule has 1 unspecified atom stereocenters. The van der Waals surface area contributed by atoms with E-state index in [4.69, 9.17) is 0 Å². The second kappa shape index (κ2) is 3.11. The third kappa shape index (κ3) is 5.08. The highest BCUT2D eigenvalue weighted by Gasteiger charge is 2.07. The van der Waals surface area contributed by atoms with Gasteiger partial charge in [0.05, 0.1) is 7.82 Å². The van der Waals surface area contributed by atoms with E-state index in [0.717, 1.165) is 0 Å². The van der Waals surface area contributed by atoms with Gasteiger partial charge in [-0.3, -0.25) is 8.88 Å². The van der Waals surface area contributed by atoms with Crippen molar-refractivity contribution in [2.24, 2.45) is 0 Å². The Morgan fingerprint density at radius 1 is 1.20 bits per heavy atom. The summed E-state index contributed by atoms with van der Waals surface area (Å²) in [5.74, 6) is 0. The summed E-state index contributed by atoms with van der Waals surface area (Å²) < 4.78 is 26.1. The van der Waals surface area contributed by atoms with E-state index in [0.29, 0.717) is 7.11 Å². The minimum atomic E-state index is -5.50. The quantitative estimate of drug-likeness (QED) is 0.468. The van der Waals surface area contributed by atoms with Crippen LogP contribution >= 0.6 is 15.6 Å². The van der Waals surface area contributed by atoms with Crippen LogP contribution in [0.1, 0.15) is 0 Å². The van der Waals surface area contributed by atoms with Gasteiger partial charge in [0.15, 0.2) is 0 Å². The number of hydrogen-bond donors (Lipinski definition) is 0. The van der Waals surface area contributed by atoms with Crippen molar-refractivity contribution in [2.75, 3.05) is 7.11 Å². The van der Waals surface area contributed by atoms with Gasteiger partial charge in [-0.05, 0) is 0 Å².